The van der Waals surface area contributed by atoms with Gasteiger partial charge >= 0.3 is 0 Å². The third kappa shape index (κ3) is 1.72. The smallest absolute Gasteiger partial charge is 0.0581 e. The van der Waals surface area contributed by atoms with Gasteiger partial charge in [0.05, 0.1) is 6.10 Å². The molecule has 15 heavy (non-hydrogen) atoms. The lowest BCUT2D eigenvalue weighted by atomic mass is 9.71. The van der Waals surface area contributed by atoms with Gasteiger partial charge in [0.15, 0.2) is 0 Å². The molecule has 1 nitrogen and oxygen atoms in total. The van der Waals surface area contributed by atoms with Crippen molar-refractivity contribution >= 4 is 11.6 Å². The molecule has 1 heterocycles. The first-order valence-corrected chi connectivity index (χ1v) is 7.03. The molecule has 86 valence electrons. The van der Waals surface area contributed by atoms with Crippen LogP contribution >= 0.6 is 11.6 Å². The topological polar surface area (TPSA) is 9.23 Å². The van der Waals surface area contributed by atoms with Gasteiger partial charge in [0.25, 0.3) is 0 Å². The predicted molar refractivity (Wildman–Crippen MR) is 62.2 cm³/mol. The zero-order valence-corrected chi connectivity index (χ0v) is 10.1. The molecule has 2 saturated carbocycles. The average molecular weight is 229 g/mol. The summed E-state index contributed by atoms with van der Waals surface area (Å²) in [5.74, 6) is 2.79. The van der Waals surface area contributed by atoms with Crippen molar-refractivity contribution in [2.45, 2.75) is 51.0 Å². The van der Waals surface area contributed by atoms with Crippen molar-refractivity contribution in [1.29, 1.82) is 0 Å². The van der Waals surface area contributed by atoms with Crippen LogP contribution in [0.5, 0.6) is 0 Å². The van der Waals surface area contributed by atoms with Crippen LogP contribution in [-0.2, 0) is 4.74 Å². The molecule has 0 aromatic heterocycles. The van der Waals surface area contributed by atoms with Crippen molar-refractivity contribution in [3.8, 4) is 0 Å². The minimum Gasteiger partial charge on any atom is -0.378 e. The molecular formula is C13H21ClO. The molecule has 0 aromatic rings. The number of hydrogen-bond donors (Lipinski definition) is 0. The molecule has 0 radical (unpaired) electrons. The second kappa shape index (κ2) is 3.92. The van der Waals surface area contributed by atoms with Crippen LogP contribution in [-0.4, -0.2) is 18.6 Å². The molecular weight excluding hydrogens is 208 g/mol. The standard InChI is InChI=1S/C13H21ClO/c14-9-13(8-12-2-1-5-15-12)7-10-3-4-11(13)6-10/h10-12H,1-9H2. The van der Waals surface area contributed by atoms with Gasteiger partial charge in [0.2, 0.25) is 0 Å². The Kier molecular flexibility index (Phi) is 2.72. The first-order chi connectivity index (χ1) is 7.32. The Labute approximate surface area is 97.5 Å². The van der Waals surface area contributed by atoms with E-state index in [0.717, 1.165) is 24.3 Å². The SMILES string of the molecule is ClCC1(CC2CCCO2)CC2CCC1C2. The molecule has 0 amide bonds. The van der Waals surface area contributed by atoms with Crippen LogP contribution in [0.25, 0.3) is 0 Å². The summed E-state index contributed by atoms with van der Waals surface area (Å²) in [5.41, 5.74) is 0.458. The van der Waals surface area contributed by atoms with Crippen molar-refractivity contribution in [1.82, 2.24) is 0 Å². The van der Waals surface area contributed by atoms with Gasteiger partial charge in [-0.15, -0.1) is 11.6 Å². The zero-order valence-electron chi connectivity index (χ0n) is 9.38. The zero-order chi connectivity index (χ0) is 10.3. The maximum absolute atomic E-state index is 6.28. The second-order valence-electron chi connectivity index (χ2n) is 5.92. The highest BCUT2D eigenvalue weighted by Gasteiger charge is 2.51. The van der Waals surface area contributed by atoms with E-state index in [1.54, 1.807) is 0 Å². The maximum atomic E-state index is 6.28. The molecule has 4 unspecified atom stereocenters. The van der Waals surface area contributed by atoms with E-state index in [0.29, 0.717) is 11.5 Å². The van der Waals surface area contributed by atoms with Crippen LogP contribution in [0.2, 0.25) is 0 Å². The number of hydrogen-bond acceptors (Lipinski definition) is 1. The lowest BCUT2D eigenvalue weighted by Gasteiger charge is -2.37. The summed E-state index contributed by atoms with van der Waals surface area (Å²) < 4.78 is 5.79. The fourth-order valence-electron chi connectivity index (χ4n) is 4.29. The predicted octanol–water partition coefficient (Wildman–Crippen LogP) is 3.60. The molecule has 1 aliphatic heterocycles. The van der Waals surface area contributed by atoms with Crippen LogP contribution in [0.3, 0.4) is 0 Å². The lowest BCUT2D eigenvalue weighted by Crippen LogP contribution is -2.33. The number of ether oxygens (including phenoxy) is 1. The summed E-state index contributed by atoms with van der Waals surface area (Å²) in [4.78, 5) is 0. The third-order valence-corrected chi connectivity index (χ3v) is 5.56. The van der Waals surface area contributed by atoms with E-state index in [4.69, 9.17) is 16.3 Å². The summed E-state index contributed by atoms with van der Waals surface area (Å²) in [6.07, 6.45) is 10.1. The molecule has 4 atom stereocenters. The largest absolute Gasteiger partial charge is 0.378 e. The van der Waals surface area contributed by atoms with Gasteiger partial charge in [0.1, 0.15) is 0 Å². The van der Waals surface area contributed by atoms with Crippen LogP contribution in [0.15, 0.2) is 0 Å². The molecule has 2 bridgehead atoms. The normalized spacial score (nSPS) is 49.0. The summed E-state index contributed by atoms with van der Waals surface area (Å²) in [6.45, 7) is 0.983. The third-order valence-electron chi connectivity index (χ3n) is 5.03. The van der Waals surface area contributed by atoms with E-state index in [-0.39, 0.29) is 0 Å². The van der Waals surface area contributed by atoms with Gasteiger partial charge in [-0.3, -0.25) is 0 Å². The number of halogens is 1. The van der Waals surface area contributed by atoms with Crippen LogP contribution in [0.4, 0.5) is 0 Å². The van der Waals surface area contributed by atoms with Gasteiger partial charge in [-0.2, -0.15) is 0 Å². The van der Waals surface area contributed by atoms with Gasteiger partial charge in [0, 0.05) is 12.5 Å². The first kappa shape index (κ1) is 10.4. The second-order valence-corrected chi connectivity index (χ2v) is 6.18. The summed E-state index contributed by atoms with van der Waals surface area (Å²) in [5, 5.41) is 0. The van der Waals surface area contributed by atoms with Crippen LogP contribution in [0.1, 0.15) is 44.9 Å². The summed E-state index contributed by atoms with van der Waals surface area (Å²) in [7, 11) is 0. The quantitative estimate of drug-likeness (QED) is 0.671. The van der Waals surface area contributed by atoms with Crippen molar-refractivity contribution in [3.63, 3.8) is 0 Å². The Morgan fingerprint density at radius 1 is 1.27 bits per heavy atom. The van der Waals surface area contributed by atoms with E-state index in [1.165, 1.54) is 44.9 Å². The van der Waals surface area contributed by atoms with E-state index < -0.39 is 0 Å². The molecule has 3 fully saturated rings. The minimum absolute atomic E-state index is 0.458. The lowest BCUT2D eigenvalue weighted by molar-refractivity contribution is 0.0452. The Balaban J connectivity index is 1.69. The highest BCUT2D eigenvalue weighted by atomic mass is 35.5. The Morgan fingerprint density at radius 2 is 2.20 bits per heavy atom. The number of rotatable bonds is 3. The van der Waals surface area contributed by atoms with E-state index in [2.05, 4.69) is 0 Å². The Bertz CT molecular complexity index is 237. The highest BCUT2D eigenvalue weighted by Crippen LogP contribution is 2.59. The van der Waals surface area contributed by atoms with Crippen molar-refractivity contribution in [3.05, 3.63) is 0 Å². The Morgan fingerprint density at radius 3 is 2.73 bits per heavy atom. The maximum Gasteiger partial charge on any atom is 0.0581 e. The molecule has 3 rings (SSSR count). The molecule has 0 aromatic carbocycles. The van der Waals surface area contributed by atoms with Gasteiger partial charge in [-0.25, -0.2) is 0 Å². The van der Waals surface area contributed by atoms with Crippen molar-refractivity contribution in [2.75, 3.05) is 12.5 Å². The summed E-state index contributed by atoms with van der Waals surface area (Å²) >= 11 is 6.28. The monoisotopic (exact) mass is 228 g/mol. The van der Waals surface area contributed by atoms with Crippen molar-refractivity contribution in [2.24, 2.45) is 17.3 Å². The van der Waals surface area contributed by atoms with Crippen molar-refractivity contribution < 1.29 is 4.74 Å². The highest BCUT2D eigenvalue weighted by molar-refractivity contribution is 6.18. The number of fused-ring (bicyclic) bond motifs is 2. The average Bonchev–Trinajstić information content (AvgIpc) is 2.93. The first-order valence-electron chi connectivity index (χ1n) is 6.50. The van der Waals surface area contributed by atoms with E-state index in [1.807, 2.05) is 0 Å². The Hall–Kier alpha value is 0.250. The van der Waals surface area contributed by atoms with Gasteiger partial charge < -0.3 is 4.74 Å². The molecule has 1 saturated heterocycles. The van der Waals surface area contributed by atoms with E-state index in [9.17, 15) is 0 Å². The summed E-state index contributed by atoms with van der Waals surface area (Å²) in [6, 6.07) is 0. The minimum atomic E-state index is 0.458. The van der Waals surface area contributed by atoms with E-state index >= 15 is 0 Å². The molecule has 2 heteroatoms. The molecule has 0 N–H and O–H groups in total. The number of alkyl halides is 1. The molecule has 3 aliphatic rings. The molecule has 0 spiro atoms. The fraction of sp³-hybridized carbons (Fsp3) is 1.00. The fourth-order valence-corrected chi connectivity index (χ4v) is 4.72. The molecule has 2 aliphatic carbocycles. The van der Waals surface area contributed by atoms with Crippen LogP contribution in [0, 0.1) is 17.3 Å². The van der Waals surface area contributed by atoms with Gasteiger partial charge in [-0.05, 0) is 55.8 Å². The van der Waals surface area contributed by atoms with Gasteiger partial charge in [-0.1, -0.05) is 6.42 Å². The van der Waals surface area contributed by atoms with Crippen LogP contribution < -0.4 is 0 Å².